The van der Waals surface area contributed by atoms with Gasteiger partial charge in [-0.1, -0.05) is 60.1 Å². The maximum absolute atomic E-state index is 13.5. The van der Waals surface area contributed by atoms with E-state index in [1.807, 2.05) is 37.3 Å². The molecule has 0 aliphatic heterocycles. The number of nitrogens with zero attached hydrogens (tertiary/aromatic N) is 2. The Labute approximate surface area is 257 Å². The van der Waals surface area contributed by atoms with Gasteiger partial charge in [0, 0.05) is 0 Å². The molecule has 0 unspecified atom stereocenters. The average molecular weight is 646 g/mol. The van der Waals surface area contributed by atoms with E-state index in [1.165, 1.54) is 30.5 Å². The highest BCUT2D eigenvalue weighted by Gasteiger charge is 2.34. The summed E-state index contributed by atoms with van der Waals surface area (Å²) in [4.78, 5) is 12.6. The highest BCUT2D eigenvalue weighted by Crippen LogP contribution is 2.37. The molecule has 13 heteroatoms. The zero-order chi connectivity index (χ0) is 31.7. The fourth-order valence-corrected chi connectivity index (χ4v) is 5.69. The van der Waals surface area contributed by atoms with Gasteiger partial charge in [-0.05, 0) is 66.6 Å². The van der Waals surface area contributed by atoms with Crippen molar-refractivity contribution >= 4 is 39.4 Å². The lowest BCUT2D eigenvalue weighted by Crippen LogP contribution is -2.40. The van der Waals surface area contributed by atoms with Gasteiger partial charge in [-0.3, -0.25) is 9.10 Å². The molecule has 8 nitrogen and oxygen atoms in total. The molecule has 0 fully saturated rings. The third kappa shape index (κ3) is 8.29. The van der Waals surface area contributed by atoms with Crippen molar-refractivity contribution in [3.05, 3.63) is 119 Å². The van der Waals surface area contributed by atoms with Crippen LogP contribution in [-0.2, 0) is 27.6 Å². The van der Waals surface area contributed by atoms with Gasteiger partial charge < -0.3 is 9.47 Å². The molecule has 0 saturated heterocycles. The third-order valence-electron chi connectivity index (χ3n) is 6.07. The van der Waals surface area contributed by atoms with Crippen molar-refractivity contribution in [2.24, 2.45) is 5.10 Å². The molecule has 0 aromatic heterocycles. The minimum Gasteiger partial charge on any atom is -0.490 e. The van der Waals surface area contributed by atoms with Crippen LogP contribution in [0.25, 0.3) is 0 Å². The van der Waals surface area contributed by atoms with Crippen LogP contribution in [0, 0.1) is 0 Å². The minimum absolute atomic E-state index is 0.247. The average Bonchev–Trinajstić information content (AvgIpc) is 3.00. The van der Waals surface area contributed by atoms with Gasteiger partial charge in [0.05, 0.1) is 34.0 Å². The zero-order valence-electron chi connectivity index (χ0n) is 23.3. The van der Waals surface area contributed by atoms with Crippen LogP contribution in [-0.4, -0.2) is 33.7 Å². The summed E-state index contributed by atoms with van der Waals surface area (Å²) in [6.45, 7) is 1.59. The Morgan fingerprint density at radius 2 is 1.61 bits per heavy atom. The maximum Gasteiger partial charge on any atom is 0.416 e. The molecule has 0 saturated carbocycles. The Bertz CT molecular complexity index is 1720. The van der Waals surface area contributed by atoms with Crippen molar-refractivity contribution in [1.29, 1.82) is 0 Å². The summed E-state index contributed by atoms with van der Waals surface area (Å²) in [5, 5.41) is 3.59. The smallest absolute Gasteiger partial charge is 0.416 e. The van der Waals surface area contributed by atoms with Crippen LogP contribution in [0.3, 0.4) is 0 Å². The van der Waals surface area contributed by atoms with Crippen LogP contribution in [0.2, 0.25) is 5.02 Å². The van der Waals surface area contributed by atoms with E-state index in [4.69, 9.17) is 21.1 Å². The van der Waals surface area contributed by atoms with E-state index in [1.54, 1.807) is 24.3 Å². The zero-order valence-corrected chi connectivity index (χ0v) is 24.9. The van der Waals surface area contributed by atoms with E-state index < -0.39 is 39.9 Å². The summed E-state index contributed by atoms with van der Waals surface area (Å²) in [5.41, 5.74) is 2.06. The summed E-state index contributed by atoms with van der Waals surface area (Å²) < 4.78 is 79.5. The lowest BCUT2D eigenvalue weighted by atomic mass is 10.2. The Hall–Kier alpha value is -4.55. The summed E-state index contributed by atoms with van der Waals surface area (Å²) >= 11 is 6.16. The molecule has 0 bridgehead atoms. The number of ether oxygens (including phenoxy) is 2. The SMILES string of the molecule is CCOc1cc(/C=N/NC(=O)CN(c2cc(C(F)(F)F)ccc2Cl)S(=O)(=O)c2ccccc2)ccc1OCc1ccccc1. The van der Waals surface area contributed by atoms with E-state index in [0.717, 1.165) is 17.7 Å². The van der Waals surface area contributed by atoms with Gasteiger partial charge in [0.1, 0.15) is 13.2 Å². The number of benzene rings is 4. The van der Waals surface area contributed by atoms with E-state index in [2.05, 4.69) is 10.5 Å². The number of amides is 1. The molecule has 1 N–H and O–H groups in total. The van der Waals surface area contributed by atoms with Crippen molar-refractivity contribution in [3.63, 3.8) is 0 Å². The number of nitrogens with one attached hydrogen (secondary N) is 1. The topological polar surface area (TPSA) is 97.3 Å². The maximum atomic E-state index is 13.5. The lowest BCUT2D eigenvalue weighted by molar-refractivity contribution is -0.137. The number of carbonyl (C=O) groups excluding carboxylic acids is 1. The predicted octanol–water partition coefficient (Wildman–Crippen LogP) is 6.68. The second-order valence-electron chi connectivity index (χ2n) is 9.20. The lowest BCUT2D eigenvalue weighted by Gasteiger charge is -2.25. The number of rotatable bonds is 12. The fourth-order valence-electron chi connectivity index (χ4n) is 3.97. The Morgan fingerprint density at radius 1 is 0.932 bits per heavy atom. The van der Waals surface area contributed by atoms with Gasteiger partial charge in [0.2, 0.25) is 0 Å². The summed E-state index contributed by atoms with van der Waals surface area (Å²) in [5.74, 6) is 0.0109. The first-order chi connectivity index (χ1) is 21.0. The molecule has 1 amide bonds. The van der Waals surface area contributed by atoms with Gasteiger partial charge in [-0.15, -0.1) is 0 Å². The highest BCUT2D eigenvalue weighted by atomic mass is 35.5. The number of anilines is 1. The predicted molar refractivity (Wildman–Crippen MR) is 162 cm³/mol. The quantitative estimate of drug-likeness (QED) is 0.137. The second kappa shape index (κ2) is 14.3. The second-order valence-corrected chi connectivity index (χ2v) is 11.5. The number of sulfonamides is 1. The molecular formula is C31H27ClF3N3O5S. The molecule has 0 radical (unpaired) electrons. The number of hydrogen-bond acceptors (Lipinski definition) is 6. The van der Waals surface area contributed by atoms with E-state index in [9.17, 15) is 26.4 Å². The van der Waals surface area contributed by atoms with Crippen LogP contribution in [0.5, 0.6) is 11.5 Å². The number of hydrogen-bond donors (Lipinski definition) is 1. The molecule has 0 spiro atoms. The molecule has 44 heavy (non-hydrogen) atoms. The first kappa shape index (κ1) is 32.4. The highest BCUT2D eigenvalue weighted by molar-refractivity contribution is 7.92. The van der Waals surface area contributed by atoms with Crippen molar-refractivity contribution in [1.82, 2.24) is 5.43 Å². The Balaban J connectivity index is 1.54. The van der Waals surface area contributed by atoms with Crippen LogP contribution >= 0.6 is 11.6 Å². The van der Waals surface area contributed by atoms with Gasteiger partial charge in [-0.25, -0.2) is 13.8 Å². The number of alkyl halides is 3. The van der Waals surface area contributed by atoms with Crippen molar-refractivity contribution in [2.75, 3.05) is 17.5 Å². The van der Waals surface area contributed by atoms with Crippen LogP contribution in [0.4, 0.5) is 18.9 Å². The number of halogens is 4. The van der Waals surface area contributed by atoms with Crippen molar-refractivity contribution in [2.45, 2.75) is 24.6 Å². The Morgan fingerprint density at radius 3 is 2.27 bits per heavy atom. The van der Waals surface area contributed by atoms with E-state index >= 15 is 0 Å². The molecule has 0 heterocycles. The summed E-state index contributed by atoms with van der Waals surface area (Å²) in [6.07, 6.45) is -3.48. The van der Waals surface area contributed by atoms with Gasteiger partial charge in [-0.2, -0.15) is 18.3 Å². The Kier molecular flexibility index (Phi) is 10.5. The van der Waals surface area contributed by atoms with Gasteiger partial charge >= 0.3 is 6.18 Å². The molecule has 230 valence electrons. The van der Waals surface area contributed by atoms with Crippen molar-refractivity contribution in [3.8, 4) is 11.5 Å². The molecule has 0 atom stereocenters. The minimum atomic E-state index is -4.78. The largest absolute Gasteiger partial charge is 0.490 e. The molecule has 4 aromatic rings. The fraction of sp³-hybridized carbons (Fsp3) is 0.161. The first-order valence-electron chi connectivity index (χ1n) is 13.2. The van der Waals surface area contributed by atoms with Crippen LogP contribution in [0.1, 0.15) is 23.6 Å². The first-order valence-corrected chi connectivity index (χ1v) is 15.0. The van der Waals surface area contributed by atoms with Crippen LogP contribution in [0.15, 0.2) is 107 Å². The monoisotopic (exact) mass is 645 g/mol. The molecule has 4 rings (SSSR count). The molecule has 4 aromatic carbocycles. The van der Waals surface area contributed by atoms with Crippen molar-refractivity contribution < 1.29 is 35.9 Å². The van der Waals surface area contributed by atoms with Crippen LogP contribution < -0.4 is 19.2 Å². The number of carbonyl (C=O) groups is 1. The summed E-state index contributed by atoms with van der Waals surface area (Å²) in [7, 11) is -4.52. The molecule has 0 aliphatic carbocycles. The third-order valence-corrected chi connectivity index (χ3v) is 8.16. The van der Waals surface area contributed by atoms with E-state index in [0.29, 0.717) is 40.6 Å². The standard InChI is InChI=1S/C31H27ClF3N3O5S/c1-2-42-29-17-23(13-16-28(29)43-21-22-9-5-3-6-10-22)19-36-37-30(39)20-38(44(40,41)25-11-7-4-8-12-25)27-18-24(31(33,34)35)14-15-26(27)32/h3-19H,2,20-21H2,1H3,(H,37,39)/b36-19+. The number of hydrazone groups is 1. The van der Waals surface area contributed by atoms with Gasteiger partial charge in [0.15, 0.2) is 11.5 Å². The molecular weight excluding hydrogens is 619 g/mol. The van der Waals surface area contributed by atoms with E-state index in [-0.39, 0.29) is 9.92 Å². The van der Waals surface area contributed by atoms with Gasteiger partial charge in [0.25, 0.3) is 15.9 Å². The summed E-state index contributed by atoms with van der Waals surface area (Å²) in [6, 6.07) is 23.8. The molecule has 0 aliphatic rings. The normalized spacial score (nSPS) is 11.8.